The van der Waals surface area contributed by atoms with Crippen LogP contribution in [0.4, 0.5) is 0 Å². The topological polar surface area (TPSA) is 69.6 Å². The number of nitrogens with one attached hydrogen (secondary N) is 1. The van der Waals surface area contributed by atoms with E-state index in [1.54, 1.807) is 24.3 Å². The predicted octanol–water partition coefficient (Wildman–Crippen LogP) is 1.07. The van der Waals surface area contributed by atoms with E-state index in [0.29, 0.717) is 30.0 Å². The van der Waals surface area contributed by atoms with Crippen molar-refractivity contribution in [3.05, 3.63) is 34.9 Å². The molecule has 1 heterocycles. The Morgan fingerprint density at radius 2 is 2.26 bits per heavy atom. The number of hydrogen-bond acceptors (Lipinski definition) is 3. The van der Waals surface area contributed by atoms with Crippen LogP contribution in [0, 0.1) is 0 Å². The fraction of sp³-hybridized carbons (Fsp3) is 0.385. The third-order valence-electron chi connectivity index (χ3n) is 3.23. The van der Waals surface area contributed by atoms with Gasteiger partial charge in [0.1, 0.15) is 6.17 Å². The zero-order valence-corrected chi connectivity index (χ0v) is 11.0. The van der Waals surface area contributed by atoms with Gasteiger partial charge in [0.25, 0.3) is 5.91 Å². The second kappa shape index (κ2) is 6.04. The molecule has 1 unspecified atom stereocenters. The number of carbonyl (C=O) groups is 2. The quantitative estimate of drug-likeness (QED) is 0.812. The minimum Gasteiger partial charge on any atom is -0.378 e. The van der Waals surface area contributed by atoms with Crippen LogP contribution < -0.4 is 5.32 Å². The molecule has 0 aliphatic carbocycles. The molecule has 2 atom stereocenters. The van der Waals surface area contributed by atoms with Crippen molar-refractivity contribution in [2.75, 3.05) is 6.54 Å². The number of amides is 2. The van der Waals surface area contributed by atoms with E-state index in [4.69, 9.17) is 11.6 Å². The molecule has 2 amide bonds. The van der Waals surface area contributed by atoms with E-state index in [-0.39, 0.29) is 6.17 Å². The van der Waals surface area contributed by atoms with Crippen LogP contribution in [-0.2, 0) is 9.59 Å². The molecule has 2 N–H and O–H groups in total. The molecule has 0 aromatic heterocycles. The highest BCUT2D eigenvalue weighted by Crippen LogP contribution is 2.26. The van der Waals surface area contributed by atoms with Gasteiger partial charge in [0.2, 0.25) is 6.41 Å². The van der Waals surface area contributed by atoms with Crippen LogP contribution in [0.2, 0.25) is 5.02 Å². The van der Waals surface area contributed by atoms with Gasteiger partial charge < -0.3 is 15.3 Å². The molecular weight excluding hydrogens is 268 g/mol. The molecule has 102 valence electrons. The van der Waals surface area contributed by atoms with Crippen molar-refractivity contribution < 1.29 is 14.7 Å². The first-order valence-corrected chi connectivity index (χ1v) is 6.45. The Kier molecular flexibility index (Phi) is 4.39. The average molecular weight is 283 g/mol. The third kappa shape index (κ3) is 2.88. The number of hydrogen-bond donors (Lipinski definition) is 2. The number of benzene rings is 1. The van der Waals surface area contributed by atoms with Gasteiger partial charge in [-0.25, -0.2) is 0 Å². The molecule has 1 saturated heterocycles. The van der Waals surface area contributed by atoms with Crippen molar-refractivity contribution in [1.82, 2.24) is 10.2 Å². The second-order valence-electron chi connectivity index (χ2n) is 4.40. The first-order valence-electron chi connectivity index (χ1n) is 6.08. The van der Waals surface area contributed by atoms with E-state index in [1.165, 1.54) is 4.90 Å². The van der Waals surface area contributed by atoms with E-state index in [1.807, 2.05) is 0 Å². The van der Waals surface area contributed by atoms with Gasteiger partial charge in [-0.2, -0.15) is 0 Å². The summed E-state index contributed by atoms with van der Waals surface area (Å²) in [6.45, 7) is 0.520. The van der Waals surface area contributed by atoms with Crippen molar-refractivity contribution in [3.8, 4) is 0 Å². The molecule has 0 saturated carbocycles. The number of aliphatic hydroxyl groups excluding tert-OH is 1. The van der Waals surface area contributed by atoms with Crippen LogP contribution in [0.5, 0.6) is 0 Å². The van der Waals surface area contributed by atoms with Crippen molar-refractivity contribution in [3.63, 3.8) is 0 Å². The Bertz CT molecular complexity index is 481. The van der Waals surface area contributed by atoms with Crippen LogP contribution in [0.1, 0.15) is 24.5 Å². The number of carbonyl (C=O) groups excluding carboxylic acids is 2. The first-order chi connectivity index (χ1) is 9.15. The van der Waals surface area contributed by atoms with E-state index in [9.17, 15) is 14.7 Å². The van der Waals surface area contributed by atoms with Crippen LogP contribution in [-0.4, -0.2) is 35.0 Å². The molecule has 2 rings (SSSR count). The summed E-state index contributed by atoms with van der Waals surface area (Å²) in [6, 6.07) is 6.68. The Morgan fingerprint density at radius 3 is 2.95 bits per heavy atom. The van der Waals surface area contributed by atoms with Gasteiger partial charge >= 0.3 is 0 Å². The van der Waals surface area contributed by atoms with Crippen molar-refractivity contribution in [2.24, 2.45) is 0 Å². The monoisotopic (exact) mass is 282 g/mol. The minimum absolute atomic E-state index is 0.345. The van der Waals surface area contributed by atoms with Crippen molar-refractivity contribution in [1.29, 1.82) is 0 Å². The zero-order chi connectivity index (χ0) is 13.8. The predicted molar refractivity (Wildman–Crippen MR) is 70.3 cm³/mol. The van der Waals surface area contributed by atoms with Crippen molar-refractivity contribution in [2.45, 2.75) is 25.1 Å². The van der Waals surface area contributed by atoms with Gasteiger partial charge in [0.15, 0.2) is 6.10 Å². The Balaban J connectivity index is 2.15. The number of likely N-dealkylation sites (tertiary alicyclic amines) is 1. The molecule has 0 spiro atoms. The third-order valence-corrected chi connectivity index (χ3v) is 3.57. The molecule has 0 bridgehead atoms. The number of rotatable bonds is 4. The van der Waals surface area contributed by atoms with Gasteiger partial charge in [0.05, 0.1) is 0 Å². The number of halogens is 1. The van der Waals surface area contributed by atoms with E-state index < -0.39 is 12.0 Å². The lowest BCUT2D eigenvalue weighted by Gasteiger charge is -2.26. The molecule has 1 fully saturated rings. The molecule has 5 nitrogen and oxygen atoms in total. The maximum atomic E-state index is 12.2. The Hall–Kier alpha value is -1.59. The molecular formula is C13H15ClN2O3. The summed E-state index contributed by atoms with van der Waals surface area (Å²) >= 11 is 5.96. The van der Waals surface area contributed by atoms with Crippen molar-refractivity contribution >= 4 is 23.9 Å². The Morgan fingerprint density at radius 1 is 1.53 bits per heavy atom. The lowest BCUT2D eigenvalue weighted by Crippen LogP contribution is -2.46. The summed E-state index contributed by atoms with van der Waals surface area (Å²) in [7, 11) is 0. The summed E-state index contributed by atoms with van der Waals surface area (Å²) in [5.41, 5.74) is 0.380. The smallest absolute Gasteiger partial charge is 0.257 e. The molecule has 1 aromatic carbocycles. The van der Waals surface area contributed by atoms with Gasteiger partial charge in [-0.1, -0.05) is 29.8 Å². The van der Waals surface area contributed by atoms with Crippen LogP contribution in [0.3, 0.4) is 0 Å². The lowest BCUT2D eigenvalue weighted by molar-refractivity contribution is -0.142. The summed E-state index contributed by atoms with van der Waals surface area (Å²) < 4.78 is 0. The average Bonchev–Trinajstić information content (AvgIpc) is 2.86. The van der Waals surface area contributed by atoms with Crippen LogP contribution in [0.25, 0.3) is 0 Å². The highest BCUT2D eigenvalue weighted by atomic mass is 35.5. The first kappa shape index (κ1) is 13.8. The maximum Gasteiger partial charge on any atom is 0.257 e. The molecule has 1 aliphatic heterocycles. The highest BCUT2D eigenvalue weighted by Gasteiger charge is 2.33. The summed E-state index contributed by atoms with van der Waals surface area (Å²) in [4.78, 5) is 24.2. The fourth-order valence-electron chi connectivity index (χ4n) is 2.27. The van der Waals surface area contributed by atoms with E-state index in [2.05, 4.69) is 5.32 Å². The van der Waals surface area contributed by atoms with Gasteiger partial charge in [0, 0.05) is 17.1 Å². The number of nitrogens with zero attached hydrogens (tertiary/aromatic N) is 1. The Labute approximate surface area is 116 Å². The molecule has 6 heteroatoms. The lowest BCUT2D eigenvalue weighted by atomic mass is 10.1. The molecule has 19 heavy (non-hydrogen) atoms. The zero-order valence-electron chi connectivity index (χ0n) is 10.3. The molecule has 1 aromatic rings. The summed E-state index contributed by atoms with van der Waals surface area (Å²) in [6.07, 6.45) is 0.412. The standard InChI is InChI=1S/C13H15ClN2O3/c14-10-5-2-1-4-9(10)12(18)13(19)16-7-3-6-11(16)15-8-17/h1-2,4-5,8,11-12,18H,3,6-7H2,(H,15,17)/t11?,12-/m1/s1. The number of aliphatic hydroxyl groups is 1. The van der Waals surface area contributed by atoms with Gasteiger partial charge in [-0.3, -0.25) is 9.59 Å². The summed E-state index contributed by atoms with van der Waals surface area (Å²) in [5.74, 6) is -0.440. The van der Waals surface area contributed by atoms with E-state index >= 15 is 0 Å². The fourth-order valence-corrected chi connectivity index (χ4v) is 2.51. The summed E-state index contributed by atoms with van der Waals surface area (Å²) in [5, 5.41) is 13.1. The largest absolute Gasteiger partial charge is 0.378 e. The normalized spacial score (nSPS) is 20.1. The van der Waals surface area contributed by atoms with Gasteiger partial charge in [-0.05, 0) is 18.9 Å². The van der Waals surface area contributed by atoms with Crippen LogP contribution >= 0.6 is 11.6 Å². The van der Waals surface area contributed by atoms with E-state index in [0.717, 1.165) is 6.42 Å². The SMILES string of the molecule is O=CNC1CCCN1C(=O)[C@H](O)c1ccccc1Cl. The molecule has 1 aliphatic rings. The maximum absolute atomic E-state index is 12.2. The minimum atomic E-state index is -1.30. The van der Waals surface area contributed by atoms with Gasteiger partial charge in [-0.15, -0.1) is 0 Å². The second-order valence-corrected chi connectivity index (χ2v) is 4.81. The molecule has 0 radical (unpaired) electrons. The highest BCUT2D eigenvalue weighted by molar-refractivity contribution is 6.31. The van der Waals surface area contributed by atoms with Crippen LogP contribution in [0.15, 0.2) is 24.3 Å².